The fourth-order valence-corrected chi connectivity index (χ4v) is 4.03. The van der Waals surface area contributed by atoms with Crippen LogP contribution in [-0.4, -0.2) is 0 Å². The molecule has 19 heavy (non-hydrogen) atoms. The summed E-state index contributed by atoms with van der Waals surface area (Å²) in [6.07, 6.45) is 4.97. The number of hydrogen-bond acceptors (Lipinski definition) is 0. The molecule has 1 aromatic carbocycles. The molecule has 0 heterocycles. The highest BCUT2D eigenvalue weighted by Gasteiger charge is 2.37. The number of alkyl halides is 1. The van der Waals surface area contributed by atoms with Gasteiger partial charge < -0.3 is 0 Å². The molecule has 0 saturated heterocycles. The molecule has 1 fully saturated rings. The van der Waals surface area contributed by atoms with E-state index in [1.165, 1.54) is 25.7 Å². The lowest BCUT2D eigenvalue weighted by molar-refractivity contribution is 0.133. The van der Waals surface area contributed by atoms with Crippen molar-refractivity contribution in [3.63, 3.8) is 0 Å². The van der Waals surface area contributed by atoms with E-state index >= 15 is 0 Å². The van der Waals surface area contributed by atoms with Crippen LogP contribution in [0.25, 0.3) is 0 Å². The first-order valence-electron chi connectivity index (χ1n) is 7.23. The molecule has 0 aromatic heterocycles. The number of benzene rings is 1. The van der Waals surface area contributed by atoms with E-state index in [4.69, 9.17) is 11.6 Å². The van der Waals surface area contributed by atoms with Gasteiger partial charge in [0, 0.05) is 0 Å². The van der Waals surface area contributed by atoms with E-state index in [-0.39, 0.29) is 16.6 Å². The normalized spacial score (nSPS) is 24.2. The average molecular weight is 283 g/mol. The number of rotatable bonds is 2. The second-order valence-corrected chi connectivity index (χ2v) is 7.18. The molecule has 2 heteroatoms. The quantitative estimate of drug-likeness (QED) is 0.589. The van der Waals surface area contributed by atoms with E-state index in [1.807, 2.05) is 26.0 Å². The highest BCUT2D eigenvalue weighted by atomic mass is 35.5. The number of halogens is 2. The van der Waals surface area contributed by atoms with Gasteiger partial charge in [-0.15, -0.1) is 11.6 Å². The first kappa shape index (κ1) is 14.8. The summed E-state index contributed by atoms with van der Waals surface area (Å²) in [5.41, 5.74) is 2.77. The molecule has 0 radical (unpaired) electrons. The van der Waals surface area contributed by atoms with Crippen molar-refractivity contribution in [3.05, 3.63) is 34.6 Å². The molecule has 0 spiro atoms. The zero-order valence-corrected chi connectivity index (χ0v) is 13.1. The third-order valence-electron chi connectivity index (χ3n) is 4.72. The lowest BCUT2D eigenvalue weighted by atomic mass is 9.66. The molecule has 0 bridgehead atoms. The summed E-state index contributed by atoms with van der Waals surface area (Å²) in [4.78, 5) is 0. The Bertz CT molecular complexity index is 441. The molecule has 1 saturated carbocycles. The molecule has 0 amide bonds. The molecule has 1 aliphatic carbocycles. The average Bonchev–Trinajstić information content (AvgIpc) is 2.34. The predicted octanol–water partition coefficient (Wildman–Crippen LogP) is 5.94. The van der Waals surface area contributed by atoms with Crippen molar-refractivity contribution in [1.29, 1.82) is 0 Å². The Balaban J connectivity index is 2.31. The van der Waals surface area contributed by atoms with Crippen LogP contribution in [0.5, 0.6) is 0 Å². The summed E-state index contributed by atoms with van der Waals surface area (Å²) in [7, 11) is 0. The van der Waals surface area contributed by atoms with Gasteiger partial charge in [-0.05, 0) is 54.7 Å². The topological polar surface area (TPSA) is 0 Å². The van der Waals surface area contributed by atoms with Crippen molar-refractivity contribution in [2.45, 2.75) is 58.8 Å². The van der Waals surface area contributed by atoms with E-state index in [9.17, 15) is 4.39 Å². The second kappa shape index (κ2) is 5.44. The highest BCUT2D eigenvalue weighted by Crippen LogP contribution is 2.49. The van der Waals surface area contributed by atoms with Crippen LogP contribution in [0.2, 0.25) is 0 Å². The van der Waals surface area contributed by atoms with E-state index in [1.54, 1.807) is 0 Å². The summed E-state index contributed by atoms with van der Waals surface area (Å²) in [5.74, 6) is 0.377. The van der Waals surface area contributed by atoms with Crippen LogP contribution in [0, 0.1) is 31.0 Å². The van der Waals surface area contributed by atoms with Crippen LogP contribution in [0.3, 0.4) is 0 Å². The zero-order chi connectivity index (χ0) is 14.2. The first-order chi connectivity index (χ1) is 8.83. The van der Waals surface area contributed by atoms with Gasteiger partial charge in [-0.3, -0.25) is 0 Å². The Kier molecular flexibility index (Phi) is 4.25. The smallest absolute Gasteiger partial charge is 0.129 e. The summed E-state index contributed by atoms with van der Waals surface area (Å²) in [6, 6.07) is 3.84. The van der Waals surface area contributed by atoms with Crippen LogP contribution >= 0.6 is 11.6 Å². The lowest BCUT2D eigenvalue weighted by Crippen LogP contribution is -2.31. The summed E-state index contributed by atoms with van der Waals surface area (Å²) >= 11 is 6.74. The van der Waals surface area contributed by atoms with Crippen LogP contribution in [0.4, 0.5) is 4.39 Å². The summed E-state index contributed by atoms with van der Waals surface area (Å²) < 4.78 is 13.7. The fraction of sp³-hybridized carbons (Fsp3) is 0.647. The zero-order valence-electron chi connectivity index (χ0n) is 12.4. The minimum Gasteiger partial charge on any atom is -0.206 e. The van der Waals surface area contributed by atoms with Gasteiger partial charge in [-0.2, -0.15) is 0 Å². The maximum absolute atomic E-state index is 13.7. The second-order valence-electron chi connectivity index (χ2n) is 6.71. The van der Waals surface area contributed by atoms with Crippen LogP contribution in [-0.2, 0) is 0 Å². The molecule has 106 valence electrons. The molecule has 1 aromatic rings. The van der Waals surface area contributed by atoms with Gasteiger partial charge in [-0.25, -0.2) is 4.39 Å². The first-order valence-corrected chi connectivity index (χ1v) is 7.67. The minimum absolute atomic E-state index is 0.00620. The highest BCUT2D eigenvalue weighted by molar-refractivity contribution is 6.21. The van der Waals surface area contributed by atoms with Crippen molar-refractivity contribution in [2.24, 2.45) is 11.3 Å². The molecule has 1 aliphatic rings. The van der Waals surface area contributed by atoms with Gasteiger partial charge in [-0.1, -0.05) is 38.8 Å². The number of aryl methyl sites for hydroxylation is 2. The SMILES string of the molecule is Cc1cc(C(Cl)C2CCCCC2(C)C)cc(C)c1F. The Morgan fingerprint density at radius 3 is 2.32 bits per heavy atom. The maximum Gasteiger partial charge on any atom is 0.129 e. The molecular weight excluding hydrogens is 259 g/mol. The molecule has 2 rings (SSSR count). The van der Waals surface area contributed by atoms with E-state index in [0.29, 0.717) is 17.0 Å². The third-order valence-corrected chi connectivity index (χ3v) is 5.28. The van der Waals surface area contributed by atoms with Gasteiger partial charge in [0.05, 0.1) is 5.38 Å². The van der Waals surface area contributed by atoms with Crippen molar-refractivity contribution < 1.29 is 4.39 Å². The molecule has 0 N–H and O–H groups in total. The Morgan fingerprint density at radius 2 is 1.79 bits per heavy atom. The van der Waals surface area contributed by atoms with Crippen LogP contribution in [0.1, 0.15) is 61.6 Å². The molecular formula is C17H24ClF. The van der Waals surface area contributed by atoms with Crippen LogP contribution in [0.15, 0.2) is 12.1 Å². The molecule has 2 unspecified atom stereocenters. The minimum atomic E-state index is -0.101. The summed E-state index contributed by atoms with van der Waals surface area (Å²) in [5, 5.41) is -0.00620. The summed E-state index contributed by atoms with van der Waals surface area (Å²) in [6.45, 7) is 8.27. The molecule has 0 aliphatic heterocycles. The monoisotopic (exact) mass is 282 g/mol. The van der Waals surface area contributed by atoms with Gasteiger partial charge in [0.25, 0.3) is 0 Å². The standard InChI is InChI=1S/C17H24ClF/c1-11-9-13(10-12(2)16(11)19)15(18)14-7-5-6-8-17(14,3)4/h9-10,14-15H,5-8H2,1-4H3. The van der Waals surface area contributed by atoms with E-state index < -0.39 is 0 Å². The maximum atomic E-state index is 13.7. The van der Waals surface area contributed by atoms with Gasteiger partial charge in [0.1, 0.15) is 5.82 Å². The van der Waals surface area contributed by atoms with Crippen molar-refractivity contribution >= 4 is 11.6 Å². The van der Waals surface area contributed by atoms with Crippen molar-refractivity contribution in [2.75, 3.05) is 0 Å². The van der Waals surface area contributed by atoms with Crippen molar-refractivity contribution in [1.82, 2.24) is 0 Å². The third kappa shape index (κ3) is 2.97. The van der Waals surface area contributed by atoms with E-state index in [0.717, 1.165) is 5.56 Å². The fourth-order valence-electron chi connectivity index (χ4n) is 3.43. The molecule has 2 atom stereocenters. The van der Waals surface area contributed by atoms with Gasteiger partial charge in [0.15, 0.2) is 0 Å². The van der Waals surface area contributed by atoms with E-state index in [2.05, 4.69) is 13.8 Å². The largest absolute Gasteiger partial charge is 0.206 e. The molecule has 0 nitrogen and oxygen atoms in total. The van der Waals surface area contributed by atoms with Crippen molar-refractivity contribution in [3.8, 4) is 0 Å². The Hall–Kier alpha value is -0.560. The predicted molar refractivity (Wildman–Crippen MR) is 80.2 cm³/mol. The van der Waals surface area contributed by atoms with Crippen LogP contribution < -0.4 is 0 Å². The Morgan fingerprint density at radius 1 is 1.21 bits per heavy atom. The van der Waals surface area contributed by atoms with Gasteiger partial charge >= 0.3 is 0 Å². The Labute approximate surface area is 121 Å². The lowest BCUT2D eigenvalue weighted by Gasteiger charge is -2.41. The van der Waals surface area contributed by atoms with Gasteiger partial charge in [0.2, 0.25) is 0 Å². The number of hydrogen-bond donors (Lipinski definition) is 0.